The van der Waals surface area contributed by atoms with Crippen LogP contribution in [0.1, 0.15) is 23.8 Å². The van der Waals surface area contributed by atoms with Crippen molar-refractivity contribution < 1.29 is 4.74 Å². The van der Waals surface area contributed by atoms with Crippen molar-refractivity contribution in [2.45, 2.75) is 32.7 Å². The highest BCUT2D eigenvalue weighted by atomic mass is 16.5. The Kier molecular flexibility index (Phi) is 3.49. The molecule has 2 aromatic rings. The van der Waals surface area contributed by atoms with E-state index in [9.17, 15) is 0 Å². The van der Waals surface area contributed by atoms with E-state index in [1.54, 1.807) is 13.2 Å². The number of aryl methyl sites for hydroxylation is 2. The quantitative estimate of drug-likeness (QED) is 0.876. The number of fused-ring (bicyclic) bond motifs is 1. The summed E-state index contributed by atoms with van der Waals surface area (Å²) in [6.07, 6.45) is 3.02. The maximum Gasteiger partial charge on any atom is 0.226 e. The van der Waals surface area contributed by atoms with Gasteiger partial charge in [0.1, 0.15) is 11.6 Å². The summed E-state index contributed by atoms with van der Waals surface area (Å²) in [4.78, 5) is 8.58. The summed E-state index contributed by atoms with van der Waals surface area (Å²) in [5, 5.41) is 11.6. The molecule has 0 saturated heterocycles. The highest BCUT2D eigenvalue weighted by Crippen LogP contribution is 2.15. The molecule has 0 atom stereocenters. The topological polar surface area (TPSA) is 77.8 Å². The Morgan fingerprint density at radius 3 is 3.10 bits per heavy atom. The Morgan fingerprint density at radius 2 is 2.25 bits per heavy atom. The minimum Gasteiger partial charge on any atom is -0.481 e. The lowest BCUT2D eigenvalue weighted by molar-refractivity contribution is 0.397. The molecular weight excluding hydrogens is 256 g/mol. The first-order valence-electron chi connectivity index (χ1n) is 6.81. The Morgan fingerprint density at radius 1 is 1.35 bits per heavy atom. The van der Waals surface area contributed by atoms with E-state index in [-0.39, 0.29) is 0 Å². The van der Waals surface area contributed by atoms with Crippen LogP contribution in [0.15, 0.2) is 6.07 Å². The number of anilines is 1. The summed E-state index contributed by atoms with van der Waals surface area (Å²) in [6, 6.07) is 1.80. The van der Waals surface area contributed by atoms with Crippen LogP contribution in [-0.2, 0) is 19.4 Å². The second-order valence-corrected chi connectivity index (χ2v) is 4.84. The molecule has 1 aliphatic heterocycles. The van der Waals surface area contributed by atoms with Crippen molar-refractivity contribution >= 4 is 5.95 Å². The van der Waals surface area contributed by atoms with E-state index in [0.717, 1.165) is 43.3 Å². The van der Waals surface area contributed by atoms with Crippen LogP contribution in [0.2, 0.25) is 0 Å². The minimum absolute atomic E-state index is 0.573. The van der Waals surface area contributed by atoms with Crippen LogP contribution < -0.4 is 10.1 Å². The molecule has 0 unspecified atom stereocenters. The fourth-order valence-corrected chi connectivity index (χ4v) is 2.41. The van der Waals surface area contributed by atoms with Gasteiger partial charge in [-0.25, -0.2) is 4.98 Å². The number of rotatable bonds is 5. The predicted molar refractivity (Wildman–Crippen MR) is 73.9 cm³/mol. The SMILES string of the molecule is COc1cc(C)nc(NCCc2nnc3n2CCC3)n1. The van der Waals surface area contributed by atoms with E-state index in [2.05, 4.69) is 30.0 Å². The molecule has 20 heavy (non-hydrogen) atoms. The van der Waals surface area contributed by atoms with Crippen molar-refractivity contribution in [2.75, 3.05) is 19.0 Å². The molecule has 1 aliphatic rings. The zero-order valence-electron chi connectivity index (χ0n) is 11.8. The highest BCUT2D eigenvalue weighted by molar-refractivity contribution is 5.30. The first-order valence-corrected chi connectivity index (χ1v) is 6.81. The molecule has 0 radical (unpaired) electrons. The van der Waals surface area contributed by atoms with Gasteiger partial charge in [0.25, 0.3) is 0 Å². The van der Waals surface area contributed by atoms with Gasteiger partial charge in [-0.05, 0) is 13.3 Å². The van der Waals surface area contributed by atoms with Crippen LogP contribution in [0.25, 0.3) is 0 Å². The van der Waals surface area contributed by atoms with Crippen LogP contribution in [0.5, 0.6) is 5.88 Å². The van der Waals surface area contributed by atoms with Crippen molar-refractivity contribution in [2.24, 2.45) is 0 Å². The van der Waals surface area contributed by atoms with E-state index in [1.165, 1.54) is 6.42 Å². The lowest BCUT2D eigenvalue weighted by Gasteiger charge is -2.07. The normalized spacial score (nSPS) is 13.3. The van der Waals surface area contributed by atoms with Crippen LogP contribution >= 0.6 is 0 Å². The maximum atomic E-state index is 5.13. The third-order valence-electron chi connectivity index (χ3n) is 3.36. The van der Waals surface area contributed by atoms with Gasteiger partial charge in [-0.2, -0.15) is 4.98 Å². The maximum absolute atomic E-state index is 5.13. The molecule has 0 amide bonds. The largest absolute Gasteiger partial charge is 0.481 e. The number of methoxy groups -OCH3 is 1. The van der Waals surface area contributed by atoms with Gasteiger partial charge in [0.05, 0.1) is 7.11 Å². The summed E-state index contributed by atoms with van der Waals surface area (Å²) < 4.78 is 7.34. The minimum atomic E-state index is 0.573. The van der Waals surface area contributed by atoms with Crippen molar-refractivity contribution in [3.8, 4) is 5.88 Å². The van der Waals surface area contributed by atoms with Crippen molar-refractivity contribution in [1.82, 2.24) is 24.7 Å². The summed E-state index contributed by atoms with van der Waals surface area (Å²) in [5.74, 6) is 3.30. The Balaban J connectivity index is 1.61. The van der Waals surface area contributed by atoms with Gasteiger partial charge >= 0.3 is 0 Å². The zero-order chi connectivity index (χ0) is 13.9. The molecule has 0 aliphatic carbocycles. The molecule has 0 bridgehead atoms. The van der Waals surface area contributed by atoms with E-state index in [4.69, 9.17) is 4.74 Å². The summed E-state index contributed by atoms with van der Waals surface area (Å²) in [7, 11) is 1.60. The third-order valence-corrected chi connectivity index (χ3v) is 3.36. The molecule has 3 rings (SSSR count). The first kappa shape index (κ1) is 12.8. The summed E-state index contributed by atoms with van der Waals surface area (Å²) in [6.45, 7) is 3.68. The molecule has 106 valence electrons. The van der Waals surface area contributed by atoms with Crippen molar-refractivity contribution in [3.05, 3.63) is 23.4 Å². The molecular formula is C13H18N6O. The Bertz CT molecular complexity index is 609. The molecule has 0 saturated carbocycles. The molecule has 0 fully saturated rings. The highest BCUT2D eigenvalue weighted by Gasteiger charge is 2.16. The molecule has 7 nitrogen and oxygen atoms in total. The van der Waals surface area contributed by atoms with Gasteiger partial charge < -0.3 is 14.6 Å². The average Bonchev–Trinajstić information content (AvgIpc) is 3.02. The molecule has 3 heterocycles. The number of aromatic nitrogens is 5. The molecule has 2 aromatic heterocycles. The first-order chi connectivity index (χ1) is 9.76. The fourth-order valence-electron chi connectivity index (χ4n) is 2.41. The predicted octanol–water partition coefficient (Wildman–Crippen LogP) is 0.986. The smallest absolute Gasteiger partial charge is 0.226 e. The second-order valence-electron chi connectivity index (χ2n) is 4.84. The van der Waals surface area contributed by atoms with Gasteiger partial charge in [0.15, 0.2) is 0 Å². The zero-order valence-corrected chi connectivity index (χ0v) is 11.8. The molecule has 7 heteroatoms. The van der Waals surface area contributed by atoms with Crippen molar-refractivity contribution in [1.29, 1.82) is 0 Å². The van der Waals surface area contributed by atoms with Crippen LogP contribution in [0.3, 0.4) is 0 Å². The second kappa shape index (κ2) is 5.44. The van der Waals surface area contributed by atoms with Crippen LogP contribution in [-0.4, -0.2) is 38.4 Å². The van der Waals surface area contributed by atoms with E-state index < -0.39 is 0 Å². The number of hydrogen-bond donors (Lipinski definition) is 1. The molecule has 0 spiro atoms. The third kappa shape index (κ3) is 2.56. The van der Waals surface area contributed by atoms with Gasteiger partial charge in [-0.3, -0.25) is 0 Å². The van der Waals surface area contributed by atoms with Gasteiger partial charge in [0, 0.05) is 37.7 Å². The van der Waals surface area contributed by atoms with Crippen LogP contribution in [0, 0.1) is 6.92 Å². The molecule has 1 N–H and O–H groups in total. The van der Waals surface area contributed by atoms with Crippen LogP contribution in [0.4, 0.5) is 5.95 Å². The number of nitrogens with zero attached hydrogens (tertiary/aromatic N) is 5. The summed E-state index contributed by atoms with van der Waals surface area (Å²) in [5.41, 5.74) is 0.878. The summed E-state index contributed by atoms with van der Waals surface area (Å²) >= 11 is 0. The average molecular weight is 274 g/mol. The monoisotopic (exact) mass is 274 g/mol. The Labute approximate surface area is 117 Å². The van der Waals surface area contributed by atoms with Crippen molar-refractivity contribution in [3.63, 3.8) is 0 Å². The number of nitrogens with one attached hydrogen (secondary N) is 1. The van der Waals surface area contributed by atoms with E-state index >= 15 is 0 Å². The lowest BCUT2D eigenvalue weighted by Crippen LogP contribution is -2.12. The standard InChI is InChI=1S/C13H18N6O/c1-9-8-12(20-2)16-13(15-9)14-6-5-11-18-17-10-4-3-7-19(10)11/h8H,3-7H2,1-2H3,(H,14,15,16). The van der Waals surface area contributed by atoms with Gasteiger partial charge in [-0.1, -0.05) is 0 Å². The Hall–Kier alpha value is -2.18. The lowest BCUT2D eigenvalue weighted by atomic mass is 10.4. The molecule has 0 aromatic carbocycles. The number of hydrogen-bond acceptors (Lipinski definition) is 6. The van der Waals surface area contributed by atoms with Gasteiger partial charge in [-0.15, -0.1) is 10.2 Å². The van der Waals surface area contributed by atoms with Gasteiger partial charge in [0.2, 0.25) is 11.8 Å². The van der Waals surface area contributed by atoms with E-state index in [1.807, 2.05) is 6.92 Å². The number of ether oxygens (including phenoxy) is 1. The fraction of sp³-hybridized carbons (Fsp3) is 0.538. The van der Waals surface area contributed by atoms with E-state index in [0.29, 0.717) is 11.8 Å².